The third kappa shape index (κ3) is 3.66. The van der Waals surface area contributed by atoms with Gasteiger partial charge in [-0.15, -0.1) is 0 Å². The van der Waals surface area contributed by atoms with Crippen molar-refractivity contribution in [2.24, 2.45) is 0 Å². The van der Waals surface area contributed by atoms with E-state index in [1.165, 1.54) is 19.3 Å². The number of rotatable bonds is 3. The number of hydrogen-bond donors (Lipinski definition) is 2. The highest BCUT2D eigenvalue weighted by molar-refractivity contribution is 9.10. The van der Waals surface area contributed by atoms with Crippen molar-refractivity contribution >= 4 is 39.3 Å². The Morgan fingerprint density at radius 3 is 2.89 bits per heavy atom. The first kappa shape index (κ1) is 14.7. The minimum absolute atomic E-state index is 0.0369. The number of anilines is 1. The third-order valence-corrected chi connectivity index (χ3v) is 5.42. The molecule has 2 unspecified atom stereocenters. The molecule has 1 fully saturated rings. The van der Waals surface area contributed by atoms with Gasteiger partial charge < -0.3 is 11.1 Å². The summed E-state index contributed by atoms with van der Waals surface area (Å²) in [7, 11) is 0. The molecule has 1 aliphatic rings. The summed E-state index contributed by atoms with van der Waals surface area (Å²) in [5, 5.41) is 3.68. The fourth-order valence-electron chi connectivity index (χ4n) is 2.51. The van der Waals surface area contributed by atoms with Crippen LogP contribution in [0.1, 0.15) is 36.0 Å². The van der Waals surface area contributed by atoms with E-state index in [1.807, 2.05) is 17.8 Å². The van der Waals surface area contributed by atoms with E-state index in [4.69, 9.17) is 5.73 Å². The van der Waals surface area contributed by atoms with Gasteiger partial charge in [0.2, 0.25) is 0 Å². The molecule has 5 heteroatoms. The summed E-state index contributed by atoms with van der Waals surface area (Å²) >= 11 is 5.25. The van der Waals surface area contributed by atoms with Gasteiger partial charge in [0, 0.05) is 21.5 Å². The number of halogens is 1. The van der Waals surface area contributed by atoms with E-state index in [9.17, 15) is 4.79 Å². The minimum Gasteiger partial charge on any atom is -0.399 e. The number of hydrogen-bond acceptors (Lipinski definition) is 3. The number of nitrogens with two attached hydrogens (primary N) is 1. The van der Waals surface area contributed by atoms with Crippen LogP contribution < -0.4 is 11.1 Å². The molecular formula is C14H19BrN2OS. The number of amides is 1. The first-order valence-electron chi connectivity index (χ1n) is 6.50. The average Bonchev–Trinajstić information content (AvgIpc) is 2.42. The summed E-state index contributed by atoms with van der Waals surface area (Å²) < 4.78 is 0.788. The number of carbonyl (C=O) groups is 1. The Bertz CT molecular complexity index is 467. The molecule has 1 aromatic carbocycles. The van der Waals surface area contributed by atoms with Gasteiger partial charge in [-0.3, -0.25) is 4.79 Å². The zero-order chi connectivity index (χ0) is 13.8. The summed E-state index contributed by atoms with van der Waals surface area (Å²) in [6.07, 6.45) is 6.83. The van der Waals surface area contributed by atoms with Gasteiger partial charge in [0.25, 0.3) is 5.91 Å². The van der Waals surface area contributed by atoms with Crippen LogP contribution in [-0.2, 0) is 0 Å². The fourth-order valence-corrected chi connectivity index (χ4v) is 3.87. The Labute approximate surface area is 126 Å². The molecule has 1 aliphatic carbocycles. The summed E-state index contributed by atoms with van der Waals surface area (Å²) in [5.74, 6) is -0.0369. The molecule has 3 nitrogen and oxygen atoms in total. The standard InChI is InChI=1S/C14H19BrN2OS/c1-19-13-5-3-2-4-12(13)17-14(18)10-8-9(16)6-7-11(10)15/h6-8,12-13H,2-5,16H2,1H3,(H,17,18). The van der Waals surface area contributed by atoms with Crippen LogP contribution in [0.4, 0.5) is 5.69 Å². The van der Waals surface area contributed by atoms with E-state index in [0.29, 0.717) is 16.5 Å². The highest BCUT2D eigenvalue weighted by Gasteiger charge is 2.26. The van der Waals surface area contributed by atoms with Crippen molar-refractivity contribution in [1.29, 1.82) is 0 Å². The zero-order valence-corrected chi connectivity index (χ0v) is 13.4. The van der Waals surface area contributed by atoms with Crippen LogP contribution in [0.2, 0.25) is 0 Å². The Morgan fingerprint density at radius 2 is 2.16 bits per heavy atom. The molecule has 1 aromatic rings. The van der Waals surface area contributed by atoms with E-state index in [1.54, 1.807) is 12.1 Å². The van der Waals surface area contributed by atoms with E-state index >= 15 is 0 Å². The molecule has 0 aromatic heterocycles. The molecule has 0 bridgehead atoms. The van der Waals surface area contributed by atoms with Gasteiger partial charge in [-0.05, 0) is 53.2 Å². The van der Waals surface area contributed by atoms with Crippen LogP contribution in [0.5, 0.6) is 0 Å². The monoisotopic (exact) mass is 342 g/mol. The molecule has 2 atom stereocenters. The van der Waals surface area contributed by atoms with Crippen molar-refractivity contribution in [3.05, 3.63) is 28.2 Å². The Balaban J connectivity index is 2.09. The smallest absolute Gasteiger partial charge is 0.252 e. The van der Waals surface area contributed by atoms with Crippen LogP contribution in [0.3, 0.4) is 0 Å². The third-order valence-electron chi connectivity index (χ3n) is 3.56. The number of thioether (sulfide) groups is 1. The summed E-state index contributed by atoms with van der Waals surface area (Å²) in [6, 6.07) is 5.59. The molecule has 19 heavy (non-hydrogen) atoms. The zero-order valence-electron chi connectivity index (χ0n) is 11.0. The predicted molar refractivity (Wildman–Crippen MR) is 85.6 cm³/mol. The summed E-state index contributed by atoms with van der Waals surface area (Å²) in [5.41, 5.74) is 6.97. The Morgan fingerprint density at radius 1 is 1.42 bits per heavy atom. The van der Waals surface area contributed by atoms with Crippen LogP contribution >= 0.6 is 27.7 Å². The van der Waals surface area contributed by atoms with Gasteiger partial charge in [0.05, 0.1) is 5.56 Å². The highest BCUT2D eigenvalue weighted by atomic mass is 79.9. The second kappa shape index (κ2) is 6.66. The molecule has 0 radical (unpaired) electrons. The molecule has 0 heterocycles. The topological polar surface area (TPSA) is 55.1 Å². The molecule has 1 saturated carbocycles. The number of nitrogens with one attached hydrogen (secondary N) is 1. The van der Waals surface area contributed by atoms with Crippen molar-refractivity contribution in [2.75, 3.05) is 12.0 Å². The number of nitrogen functional groups attached to an aromatic ring is 1. The van der Waals surface area contributed by atoms with E-state index in [-0.39, 0.29) is 11.9 Å². The van der Waals surface area contributed by atoms with Crippen molar-refractivity contribution in [2.45, 2.75) is 37.0 Å². The van der Waals surface area contributed by atoms with E-state index in [2.05, 4.69) is 27.5 Å². The van der Waals surface area contributed by atoms with Crippen molar-refractivity contribution in [3.63, 3.8) is 0 Å². The lowest BCUT2D eigenvalue weighted by atomic mass is 9.94. The van der Waals surface area contributed by atoms with Crippen LogP contribution in [-0.4, -0.2) is 23.5 Å². The second-order valence-corrected chi connectivity index (χ2v) is 6.81. The molecule has 0 saturated heterocycles. The average molecular weight is 343 g/mol. The first-order chi connectivity index (χ1) is 9.11. The maximum atomic E-state index is 12.3. The molecule has 0 spiro atoms. The number of carbonyl (C=O) groups excluding carboxylic acids is 1. The molecule has 0 aliphatic heterocycles. The van der Waals surface area contributed by atoms with Crippen LogP contribution in [0, 0.1) is 0 Å². The van der Waals surface area contributed by atoms with Crippen molar-refractivity contribution in [1.82, 2.24) is 5.32 Å². The maximum Gasteiger partial charge on any atom is 0.252 e. The van der Waals surface area contributed by atoms with Gasteiger partial charge in [-0.25, -0.2) is 0 Å². The van der Waals surface area contributed by atoms with Crippen molar-refractivity contribution < 1.29 is 4.79 Å². The van der Waals surface area contributed by atoms with Crippen LogP contribution in [0.25, 0.3) is 0 Å². The van der Waals surface area contributed by atoms with Gasteiger partial charge in [-0.1, -0.05) is 12.8 Å². The molecule has 104 valence electrons. The Hall–Kier alpha value is -0.680. The highest BCUT2D eigenvalue weighted by Crippen LogP contribution is 2.28. The normalized spacial score (nSPS) is 23.1. The SMILES string of the molecule is CSC1CCCCC1NC(=O)c1cc(N)ccc1Br. The van der Waals surface area contributed by atoms with Crippen molar-refractivity contribution in [3.8, 4) is 0 Å². The summed E-state index contributed by atoms with van der Waals surface area (Å²) in [4.78, 5) is 12.3. The van der Waals surface area contributed by atoms with Gasteiger partial charge in [0.15, 0.2) is 0 Å². The quantitative estimate of drug-likeness (QED) is 0.827. The van der Waals surface area contributed by atoms with Gasteiger partial charge in [-0.2, -0.15) is 11.8 Å². The maximum absolute atomic E-state index is 12.3. The minimum atomic E-state index is -0.0369. The lowest BCUT2D eigenvalue weighted by Crippen LogP contribution is -2.43. The van der Waals surface area contributed by atoms with E-state index < -0.39 is 0 Å². The van der Waals surface area contributed by atoms with E-state index in [0.717, 1.165) is 10.9 Å². The van der Waals surface area contributed by atoms with Crippen LogP contribution in [0.15, 0.2) is 22.7 Å². The summed E-state index contributed by atoms with van der Waals surface area (Å²) in [6.45, 7) is 0. The lowest BCUT2D eigenvalue weighted by Gasteiger charge is -2.31. The fraction of sp³-hybridized carbons (Fsp3) is 0.500. The number of benzene rings is 1. The Kier molecular flexibility index (Phi) is 5.16. The molecule has 3 N–H and O–H groups in total. The largest absolute Gasteiger partial charge is 0.399 e. The molecular weight excluding hydrogens is 324 g/mol. The first-order valence-corrected chi connectivity index (χ1v) is 8.58. The van der Waals surface area contributed by atoms with Gasteiger partial charge >= 0.3 is 0 Å². The molecule has 1 amide bonds. The lowest BCUT2D eigenvalue weighted by molar-refractivity contribution is 0.0928. The van der Waals surface area contributed by atoms with Gasteiger partial charge in [0.1, 0.15) is 0 Å². The second-order valence-electron chi connectivity index (χ2n) is 4.88. The predicted octanol–water partition coefficient (Wildman–Crippen LogP) is 3.44. The molecule has 2 rings (SSSR count).